The lowest BCUT2D eigenvalue weighted by Crippen LogP contribution is -2.07. The van der Waals surface area contributed by atoms with E-state index in [1.165, 1.54) is 18.2 Å². The molecular weight excluding hydrogens is 291 g/mol. The first-order chi connectivity index (χ1) is 9.36. The number of nitrogens with one attached hydrogen (secondary N) is 1. The lowest BCUT2D eigenvalue weighted by Gasteiger charge is -2.12. The summed E-state index contributed by atoms with van der Waals surface area (Å²) in [5, 5.41) is 12.3. The van der Waals surface area contributed by atoms with Gasteiger partial charge in [-0.05, 0) is 35.9 Å². The molecule has 0 bridgehead atoms. The van der Waals surface area contributed by atoms with Crippen LogP contribution in [0.15, 0.2) is 42.5 Å². The van der Waals surface area contributed by atoms with Gasteiger partial charge in [-0.25, -0.2) is 0 Å². The van der Waals surface area contributed by atoms with Gasteiger partial charge in [-0.15, -0.1) is 0 Å². The second kappa shape index (κ2) is 5.63. The Hall–Kier alpha value is -1.88. The predicted octanol–water partition coefficient (Wildman–Crippen LogP) is 4.68. The number of hydrogen-bond acceptors (Lipinski definition) is 2. The average Bonchev–Trinajstić information content (AvgIpc) is 2.36. The second-order valence-electron chi connectivity index (χ2n) is 4.22. The van der Waals surface area contributed by atoms with Gasteiger partial charge in [-0.3, -0.25) is 0 Å². The number of benzene rings is 2. The molecule has 6 heteroatoms. The molecule has 0 unspecified atom stereocenters. The molecular formula is C14H11ClF3NO. The molecule has 0 saturated carbocycles. The van der Waals surface area contributed by atoms with Crippen molar-refractivity contribution in [3.63, 3.8) is 0 Å². The molecule has 0 heterocycles. The number of phenols is 1. The maximum atomic E-state index is 12.6. The van der Waals surface area contributed by atoms with Crippen LogP contribution < -0.4 is 5.32 Å². The summed E-state index contributed by atoms with van der Waals surface area (Å²) in [6.07, 6.45) is -4.41. The third-order valence-corrected chi connectivity index (χ3v) is 3.02. The zero-order valence-electron chi connectivity index (χ0n) is 10.2. The van der Waals surface area contributed by atoms with Gasteiger partial charge in [-0.1, -0.05) is 23.7 Å². The van der Waals surface area contributed by atoms with E-state index >= 15 is 0 Å². The van der Waals surface area contributed by atoms with Gasteiger partial charge in [0.1, 0.15) is 5.75 Å². The quantitative estimate of drug-likeness (QED) is 0.863. The minimum Gasteiger partial charge on any atom is -0.508 e. The van der Waals surface area contributed by atoms with Gasteiger partial charge in [-0.2, -0.15) is 13.2 Å². The molecule has 0 atom stereocenters. The molecule has 0 amide bonds. The Kier molecular flexibility index (Phi) is 4.09. The topological polar surface area (TPSA) is 32.3 Å². The van der Waals surface area contributed by atoms with Gasteiger partial charge < -0.3 is 10.4 Å². The van der Waals surface area contributed by atoms with E-state index in [9.17, 15) is 18.3 Å². The van der Waals surface area contributed by atoms with E-state index < -0.39 is 11.7 Å². The van der Waals surface area contributed by atoms with E-state index in [-0.39, 0.29) is 23.0 Å². The Morgan fingerprint density at radius 3 is 2.50 bits per heavy atom. The summed E-state index contributed by atoms with van der Waals surface area (Å²) >= 11 is 5.86. The minimum atomic E-state index is -4.41. The second-order valence-corrected chi connectivity index (χ2v) is 4.62. The van der Waals surface area contributed by atoms with Crippen molar-refractivity contribution in [3.8, 4) is 5.75 Å². The molecule has 0 aliphatic heterocycles. The van der Waals surface area contributed by atoms with Crippen LogP contribution in [0.4, 0.5) is 18.9 Å². The first kappa shape index (κ1) is 14.5. The van der Waals surface area contributed by atoms with Crippen LogP contribution in [0.1, 0.15) is 11.1 Å². The average molecular weight is 302 g/mol. The zero-order chi connectivity index (χ0) is 14.8. The molecule has 0 radical (unpaired) electrons. The van der Waals surface area contributed by atoms with Crippen molar-refractivity contribution in [2.75, 3.05) is 5.32 Å². The summed E-state index contributed by atoms with van der Waals surface area (Å²) in [6.45, 7) is 0.259. The molecule has 20 heavy (non-hydrogen) atoms. The summed E-state index contributed by atoms with van der Waals surface area (Å²) in [6, 6.07) is 9.53. The molecule has 2 N–H and O–H groups in total. The largest absolute Gasteiger partial charge is 0.508 e. The fourth-order valence-corrected chi connectivity index (χ4v) is 1.89. The molecule has 0 aromatic heterocycles. The van der Waals surface area contributed by atoms with E-state index in [0.717, 1.165) is 17.7 Å². The van der Waals surface area contributed by atoms with Gasteiger partial charge in [0.05, 0.1) is 16.3 Å². The number of phenolic OH excluding ortho intramolecular Hbond substituents is 1. The molecule has 2 aromatic rings. The van der Waals surface area contributed by atoms with E-state index in [1.807, 2.05) is 0 Å². The van der Waals surface area contributed by atoms with E-state index in [2.05, 4.69) is 5.32 Å². The first-order valence-electron chi connectivity index (χ1n) is 5.75. The first-order valence-corrected chi connectivity index (χ1v) is 6.12. The Balaban J connectivity index is 2.17. The van der Waals surface area contributed by atoms with Crippen LogP contribution >= 0.6 is 11.6 Å². The van der Waals surface area contributed by atoms with E-state index in [0.29, 0.717) is 0 Å². The molecule has 0 aliphatic rings. The third kappa shape index (κ3) is 3.57. The molecule has 2 rings (SSSR count). The number of aromatic hydroxyl groups is 1. The Bertz CT molecular complexity index is 614. The molecule has 106 valence electrons. The maximum absolute atomic E-state index is 12.6. The monoisotopic (exact) mass is 301 g/mol. The summed E-state index contributed by atoms with van der Waals surface area (Å²) in [5.41, 5.74) is 0.170. The number of anilines is 1. The predicted molar refractivity (Wildman–Crippen MR) is 71.9 cm³/mol. The number of rotatable bonds is 3. The van der Waals surface area contributed by atoms with E-state index in [4.69, 9.17) is 11.6 Å². The van der Waals surface area contributed by atoms with Crippen molar-refractivity contribution in [1.82, 2.24) is 0 Å². The van der Waals surface area contributed by atoms with Crippen molar-refractivity contribution in [2.45, 2.75) is 12.7 Å². The van der Waals surface area contributed by atoms with Crippen LogP contribution in [0.2, 0.25) is 5.02 Å². The lowest BCUT2D eigenvalue weighted by molar-refractivity contribution is -0.137. The Morgan fingerprint density at radius 1 is 1.10 bits per heavy atom. The van der Waals surface area contributed by atoms with Crippen LogP contribution in [-0.4, -0.2) is 5.11 Å². The highest BCUT2D eigenvalue weighted by atomic mass is 35.5. The van der Waals surface area contributed by atoms with Crippen molar-refractivity contribution < 1.29 is 18.3 Å². The molecule has 2 aromatic carbocycles. The number of halogens is 4. The van der Waals surface area contributed by atoms with Crippen molar-refractivity contribution in [2.24, 2.45) is 0 Å². The summed E-state index contributed by atoms with van der Waals surface area (Å²) in [5.74, 6) is 0.0967. The fraction of sp³-hybridized carbons (Fsp3) is 0.143. The maximum Gasteiger partial charge on any atom is 0.416 e. The van der Waals surface area contributed by atoms with Gasteiger partial charge in [0.25, 0.3) is 0 Å². The van der Waals surface area contributed by atoms with Crippen molar-refractivity contribution in [1.29, 1.82) is 0 Å². The normalized spacial score (nSPS) is 11.4. The summed E-state index contributed by atoms with van der Waals surface area (Å²) < 4.78 is 37.8. The molecule has 2 nitrogen and oxygen atoms in total. The van der Waals surface area contributed by atoms with Crippen molar-refractivity contribution >= 4 is 17.3 Å². The van der Waals surface area contributed by atoms with Gasteiger partial charge in [0.2, 0.25) is 0 Å². The SMILES string of the molecule is Oc1cccc(CNc2cc(C(F)(F)F)ccc2Cl)c1. The van der Waals surface area contributed by atoms with Crippen LogP contribution in [0.5, 0.6) is 5.75 Å². The van der Waals surface area contributed by atoms with Crippen LogP contribution in [-0.2, 0) is 12.7 Å². The highest BCUT2D eigenvalue weighted by Crippen LogP contribution is 2.34. The van der Waals surface area contributed by atoms with Crippen molar-refractivity contribution in [3.05, 3.63) is 58.6 Å². The molecule has 0 aliphatic carbocycles. The summed E-state index contributed by atoms with van der Waals surface area (Å²) in [7, 11) is 0. The minimum absolute atomic E-state index is 0.0967. The fourth-order valence-electron chi connectivity index (χ4n) is 1.70. The van der Waals surface area contributed by atoms with Gasteiger partial charge in [0, 0.05) is 6.54 Å². The zero-order valence-corrected chi connectivity index (χ0v) is 11.0. The van der Waals surface area contributed by atoms with Crippen LogP contribution in [0, 0.1) is 0 Å². The lowest BCUT2D eigenvalue weighted by atomic mass is 10.1. The Morgan fingerprint density at radius 2 is 1.85 bits per heavy atom. The van der Waals surface area contributed by atoms with Crippen LogP contribution in [0.25, 0.3) is 0 Å². The standard InChI is InChI=1S/C14H11ClF3NO/c15-12-5-4-10(14(16,17)18)7-13(12)19-8-9-2-1-3-11(20)6-9/h1-7,19-20H,8H2. The van der Waals surface area contributed by atoms with Crippen LogP contribution in [0.3, 0.4) is 0 Å². The molecule has 0 spiro atoms. The third-order valence-electron chi connectivity index (χ3n) is 2.69. The van der Waals surface area contributed by atoms with Gasteiger partial charge in [0.15, 0.2) is 0 Å². The van der Waals surface area contributed by atoms with Gasteiger partial charge >= 0.3 is 6.18 Å². The smallest absolute Gasteiger partial charge is 0.416 e. The highest BCUT2D eigenvalue weighted by molar-refractivity contribution is 6.33. The highest BCUT2D eigenvalue weighted by Gasteiger charge is 2.30. The number of alkyl halides is 3. The van der Waals surface area contributed by atoms with E-state index in [1.54, 1.807) is 12.1 Å². The summed E-state index contributed by atoms with van der Waals surface area (Å²) in [4.78, 5) is 0. The number of hydrogen-bond donors (Lipinski definition) is 2. The molecule has 0 saturated heterocycles. The Labute approximate surface area is 118 Å². The molecule has 0 fully saturated rings.